The van der Waals surface area contributed by atoms with Gasteiger partial charge in [-0.1, -0.05) is 52.0 Å². The molecule has 3 aromatic rings. The smallest absolute Gasteiger partial charge is 0.243 e. The first kappa shape index (κ1) is 27.0. The second-order valence-electron chi connectivity index (χ2n) is 8.96. The molecule has 35 heavy (non-hydrogen) atoms. The number of hydrogen-bond acceptors (Lipinski definition) is 6. The predicted molar refractivity (Wildman–Crippen MR) is 145 cm³/mol. The highest BCUT2D eigenvalue weighted by Crippen LogP contribution is 2.31. The minimum absolute atomic E-state index is 0.0113. The highest BCUT2D eigenvalue weighted by molar-refractivity contribution is 7.13. The molecule has 1 fully saturated rings. The van der Waals surface area contributed by atoms with Crippen LogP contribution in [0.25, 0.3) is 10.4 Å². The second-order valence-corrected chi connectivity index (χ2v) is 10.8. The minimum Gasteiger partial charge on any atom is -0.350 e. The van der Waals surface area contributed by atoms with Gasteiger partial charge >= 0.3 is 0 Å². The van der Waals surface area contributed by atoms with E-state index in [0.29, 0.717) is 19.5 Å². The molecule has 2 atom stereocenters. The minimum atomic E-state index is -0.419. The van der Waals surface area contributed by atoms with Gasteiger partial charge in [0.25, 0.3) is 0 Å². The van der Waals surface area contributed by atoms with E-state index in [1.165, 1.54) is 16.4 Å². The van der Waals surface area contributed by atoms with Crippen LogP contribution < -0.4 is 5.32 Å². The van der Waals surface area contributed by atoms with Gasteiger partial charge in [0.15, 0.2) is 0 Å². The van der Waals surface area contributed by atoms with Gasteiger partial charge in [0, 0.05) is 18.0 Å². The lowest BCUT2D eigenvalue weighted by atomic mass is 9.90. The van der Waals surface area contributed by atoms with Crippen LogP contribution in [0.1, 0.15) is 68.3 Å². The van der Waals surface area contributed by atoms with Crippen molar-refractivity contribution in [2.75, 3.05) is 6.54 Å². The summed E-state index contributed by atoms with van der Waals surface area (Å²) in [6, 6.07) is 9.78. The molecule has 0 saturated carbocycles. The van der Waals surface area contributed by atoms with Crippen molar-refractivity contribution in [2.45, 2.75) is 72.9 Å². The number of rotatable bonds is 7. The summed E-state index contributed by atoms with van der Waals surface area (Å²) in [6.45, 7) is 13.2. The van der Waals surface area contributed by atoms with E-state index in [1.807, 2.05) is 65.3 Å². The van der Waals surface area contributed by atoms with Crippen LogP contribution in [0.4, 0.5) is 0 Å². The molecule has 188 valence electrons. The zero-order valence-corrected chi connectivity index (χ0v) is 23.1. The Kier molecular flexibility index (Phi) is 9.57. The Balaban J connectivity index is 0.00000167. The summed E-state index contributed by atoms with van der Waals surface area (Å²) in [4.78, 5) is 34.8. The van der Waals surface area contributed by atoms with Crippen molar-refractivity contribution in [3.8, 4) is 10.4 Å². The molecular weight excluding hydrogens is 476 g/mol. The molecule has 4 rings (SSSR count). The third-order valence-electron chi connectivity index (χ3n) is 6.16. The van der Waals surface area contributed by atoms with E-state index in [1.54, 1.807) is 16.2 Å². The zero-order chi connectivity index (χ0) is 25.5. The monoisotopic (exact) mass is 512 g/mol. The summed E-state index contributed by atoms with van der Waals surface area (Å²) in [5, 5.41) is 3.05. The second kappa shape index (κ2) is 12.4. The Morgan fingerprint density at radius 3 is 2.46 bits per heavy atom. The molecule has 1 aliphatic heterocycles. The van der Waals surface area contributed by atoms with Gasteiger partial charge in [0.2, 0.25) is 11.8 Å². The fourth-order valence-corrected chi connectivity index (χ4v) is 5.83. The predicted octanol–water partition coefficient (Wildman–Crippen LogP) is 5.96. The number of thiazole rings is 1. The van der Waals surface area contributed by atoms with E-state index < -0.39 is 6.04 Å². The zero-order valence-electron chi connectivity index (χ0n) is 21.5. The first-order valence-electron chi connectivity index (χ1n) is 12.4. The summed E-state index contributed by atoms with van der Waals surface area (Å²) in [6.07, 6.45) is 1.54. The quantitative estimate of drug-likeness (QED) is 0.424. The van der Waals surface area contributed by atoms with Gasteiger partial charge in [0.1, 0.15) is 6.04 Å². The average Bonchev–Trinajstić information content (AvgIpc) is 3.60. The molecule has 8 heteroatoms. The van der Waals surface area contributed by atoms with E-state index in [-0.39, 0.29) is 23.7 Å². The summed E-state index contributed by atoms with van der Waals surface area (Å²) in [5.74, 6) is -0.271. The highest BCUT2D eigenvalue weighted by atomic mass is 32.1. The number of carbonyl (C=O) groups is 2. The first-order valence-corrected chi connectivity index (χ1v) is 14.0. The molecular formula is C27H36N4O2S2. The van der Waals surface area contributed by atoms with E-state index in [0.717, 1.165) is 33.8 Å². The number of aryl methyl sites for hydroxylation is 2. The molecule has 1 aromatic carbocycles. The number of likely N-dealkylation sites (tertiary alicyclic amines) is 1. The molecule has 6 nitrogen and oxygen atoms in total. The highest BCUT2D eigenvalue weighted by Gasteiger charge is 2.39. The molecule has 2 unspecified atom stereocenters. The molecule has 0 bridgehead atoms. The summed E-state index contributed by atoms with van der Waals surface area (Å²) >= 11 is 3.05. The van der Waals surface area contributed by atoms with Crippen molar-refractivity contribution < 1.29 is 9.59 Å². The van der Waals surface area contributed by atoms with Crippen LogP contribution >= 0.6 is 22.9 Å². The van der Waals surface area contributed by atoms with E-state index >= 15 is 0 Å². The van der Waals surface area contributed by atoms with Crippen LogP contribution in [0.15, 0.2) is 35.8 Å². The van der Waals surface area contributed by atoms with Gasteiger partial charge in [0.05, 0.1) is 27.7 Å². The number of nitrogens with one attached hydrogen (secondary N) is 1. The SMILES string of the molecule is CC.Cc1cc(C(C(=O)N2CCCC2C(=O)NCc2ccc(-c3scnc3C)cc2)C(C)C)ns1. The number of carbonyl (C=O) groups excluding carboxylic acids is 2. The van der Waals surface area contributed by atoms with Crippen LogP contribution in [0.5, 0.6) is 0 Å². The Morgan fingerprint density at radius 1 is 1.17 bits per heavy atom. The molecule has 0 aliphatic carbocycles. The normalized spacial score (nSPS) is 16.1. The Labute approximate surface area is 217 Å². The number of amides is 2. The lowest BCUT2D eigenvalue weighted by Crippen LogP contribution is -2.48. The van der Waals surface area contributed by atoms with E-state index in [2.05, 4.69) is 26.8 Å². The van der Waals surface area contributed by atoms with Crippen molar-refractivity contribution >= 4 is 34.7 Å². The summed E-state index contributed by atoms with van der Waals surface area (Å²) in [7, 11) is 0. The molecule has 3 heterocycles. The van der Waals surface area contributed by atoms with Crippen molar-refractivity contribution in [1.29, 1.82) is 0 Å². The number of hydrogen-bond donors (Lipinski definition) is 1. The maximum Gasteiger partial charge on any atom is 0.243 e. The third-order valence-corrected chi connectivity index (χ3v) is 7.85. The van der Waals surface area contributed by atoms with Crippen molar-refractivity contribution in [3.05, 3.63) is 57.7 Å². The number of nitrogens with zero attached hydrogens (tertiary/aromatic N) is 3. The van der Waals surface area contributed by atoms with Gasteiger partial charge in [-0.25, -0.2) is 4.98 Å². The molecule has 1 aliphatic rings. The Bertz CT molecular complexity index is 1120. The van der Waals surface area contributed by atoms with Gasteiger partial charge in [-0.05, 0) is 61.3 Å². The Hall–Kier alpha value is -2.58. The van der Waals surface area contributed by atoms with Crippen molar-refractivity contribution in [3.63, 3.8) is 0 Å². The maximum absolute atomic E-state index is 13.5. The third kappa shape index (κ3) is 6.35. The van der Waals surface area contributed by atoms with Crippen LogP contribution in [0.3, 0.4) is 0 Å². The fraction of sp³-hybridized carbons (Fsp3) is 0.481. The maximum atomic E-state index is 13.5. The lowest BCUT2D eigenvalue weighted by Gasteiger charge is -2.29. The van der Waals surface area contributed by atoms with Crippen LogP contribution in [0.2, 0.25) is 0 Å². The number of benzene rings is 1. The van der Waals surface area contributed by atoms with Crippen LogP contribution in [-0.2, 0) is 16.1 Å². The van der Waals surface area contributed by atoms with E-state index in [4.69, 9.17) is 0 Å². The van der Waals surface area contributed by atoms with Gasteiger partial charge in [-0.2, -0.15) is 4.37 Å². The van der Waals surface area contributed by atoms with Gasteiger partial charge < -0.3 is 10.2 Å². The first-order chi connectivity index (χ1) is 16.8. The van der Waals surface area contributed by atoms with Gasteiger partial charge in [-0.15, -0.1) is 11.3 Å². The standard InChI is InChI=1S/C25H30N4O2S2.C2H6/c1-15(2)22(20-12-16(3)33-28-20)25(31)29-11-5-6-21(29)24(30)26-13-18-7-9-19(10-8-18)23-17(4)27-14-32-23;1-2/h7-10,12,14-15,21-22H,5-6,11,13H2,1-4H3,(H,26,30);1-2H3. The molecule has 0 spiro atoms. The molecule has 1 N–H and O–H groups in total. The summed E-state index contributed by atoms with van der Waals surface area (Å²) < 4.78 is 4.50. The van der Waals surface area contributed by atoms with E-state index in [9.17, 15) is 9.59 Å². The van der Waals surface area contributed by atoms with Gasteiger partial charge in [-0.3, -0.25) is 9.59 Å². The lowest BCUT2D eigenvalue weighted by molar-refractivity contribution is -0.140. The topological polar surface area (TPSA) is 75.2 Å². The number of aromatic nitrogens is 2. The molecule has 2 aromatic heterocycles. The largest absolute Gasteiger partial charge is 0.350 e. The van der Waals surface area contributed by atoms with Crippen LogP contribution in [0, 0.1) is 19.8 Å². The summed E-state index contributed by atoms with van der Waals surface area (Å²) in [5.41, 5.74) is 5.87. The molecule has 1 saturated heterocycles. The average molecular weight is 513 g/mol. The molecule has 0 radical (unpaired) electrons. The van der Waals surface area contributed by atoms with Crippen LogP contribution in [-0.4, -0.2) is 38.7 Å². The Morgan fingerprint density at radius 2 is 1.89 bits per heavy atom. The van der Waals surface area contributed by atoms with Crippen molar-refractivity contribution in [1.82, 2.24) is 19.6 Å². The fourth-order valence-electron chi connectivity index (χ4n) is 4.43. The van der Waals surface area contributed by atoms with Crippen molar-refractivity contribution in [2.24, 2.45) is 5.92 Å². The molecule has 2 amide bonds.